The zero-order valence-electron chi connectivity index (χ0n) is 31.5. The van der Waals surface area contributed by atoms with E-state index in [2.05, 4.69) is 15.3 Å². The second kappa shape index (κ2) is 18.8. The molecule has 0 unspecified atom stereocenters. The predicted octanol–water partition coefficient (Wildman–Crippen LogP) is 11.2. The number of carbonyl (C=O) groups is 2. The molecule has 3 aliphatic carbocycles. The molecular formula is C42H41Cl2F6N3O6. The van der Waals surface area contributed by atoms with Gasteiger partial charge in [0.25, 0.3) is 5.91 Å². The standard InChI is InChI=1S/C24H26ClF3N2O3.C18H15ClF3NO3/c25-19-10-9-15(24(26,27)28)12-17(19)18-11-14(13-29-23(18)33-16-5-1-2-6-16)22(32)30-20-7-3-4-8-21(20)31;19-15-6-5-11(18(20,21)22)8-13(15)14-7-10(17(24)25)9-23-16(14)26-12-3-1-2-4-12/h9-13,16,20-21,31H,1-8H2,(H,30,32);5-9,12H,1-4H2,(H,24,25)/t20-,21-;/m1./s1. The number of aromatic nitrogens is 2. The zero-order chi connectivity index (χ0) is 42.5. The number of carbonyl (C=O) groups excluding carboxylic acids is 1. The molecule has 9 nitrogen and oxygen atoms in total. The number of nitrogens with one attached hydrogen (secondary N) is 1. The zero-order valence-corrected chi connectivity index (χ0v) is 33.0. The molecule has 4 aromatic rings. The van der Waals surface area contributed by atoms with Gasteiger partial charge in [-0.1, -0.05) is 36.0 Å². The summed E-state index contributed by atoms with van der Waals surface area (Å²) in [5.74, 6) is -1.46. The van der Waals surface area contributed by atoms with Gasteiger partial charge in [0.05, 0.1) is 34.4 Å². The van der Waals surface area contributed by atoms with Gasteiger partial charge in [0.1, 0.15) is 12.2 Å². The summed E-state index contributed by atoms with van der Waals surface area (Å²) in [6.07, 6.45) is 2.95. The van der Waals surface area contributed by atoms with Crippen LogP contribution in [-0.4, -0.2) is 56.4 Å². The summed E-state index contributed by atoms with van der Waals surface area (Å²) in [7, 11) is 0. The lowest BCUT2D eigenvalue weighted by molar-refractivity contribution is -0.138. The number of carboxylic acids is 1. The van der Waals surface area contributed by atoms with Crippen LogP contribution < -0.4 is 14.8 Å². The summed E-state index contributed by atoms with van der Waals surface area (Å²) in [5, 5.41) is 22.3. The van der Waals surface area contributed by atoms with Crippen molar-refractivity contribution in [2.24, 2.45) is 0 Å². The highest BCUT2D eigenvalue weighted by molar-refractivity contribution is 6.33. The number of halogens is 8. The van der Waals surface area contributed by atoms with Crippen LogP contribution in [0.25, 0.3) is 22.3 Å². The average Bonchev–Trinajstić information content (AvgIpc) is 3.91. The van der Waals surface area contributed by atoms with Gasteiger partial charge in [-0.2, -0.15) is 26.3 Å². The maximum atomic E-state index is 13.4. The van der Waals surface area contributed by atoms with Gasteiger partial charge in [0, 0.05) is 44.7 Å². The summed E-state index contributed by atoms with van der Waals surface area (Å²) >= 11 is 12.4. The van der Waals surface area contributed by atoms with E-state index in [1.165, 1.54) is 24.4 Å². The summed E-state index contributed by atoms with van der Waals surface area (Å²) < 4.78 is 91.2. The molecule has 2 heterocycles. The third-order valence-electron chi connectivity index (χ3n) is 10.6. The number of benzene rings is 2. The number of aliphatic hydroxyl groups excluding tert-OH is 1. The van der Waals surface area contributed by atoms with Crippen LogP contribution in [0.4, 0.5) is 26.3 Å². The van der Waals surface area contributed by atoms with Crippen LogP contribution in [0.1, 0.15) is 109 Å². The number of nitrogens with zero attached hydrogens (tertiary/aromatic N) is 2. The lowest BCUT2D eigenvalue weighted by atomic mass is 9.92. The van der Waals surface area contributed by atoms with E-state index < -0.39 is 41.5 Å². The van der Waals surface area contributed by atoms with E-state index in [0.717, 1.165) is 101 Å². The van der Waals surface area contributed by atoms with Crippen molar-refractivity contribution in [2.75, 3.05) is 0 Å². The highest BCUT2D eigenvalue weighted by Crippen LogP contribution is 2.42. The van der Waals surface area contributed by atoms with Crippen LogP contribution >= 0.6 is 23.2 Å². The maximum Gasteiger partial charge on any atom is 0.416 e. The Bertz CT molecular complexity index is 2140. The van der Waals surface area contributed by atoms with E-state index in [0.29, 0.717) is 12.8 Å². The van der Waals surface area contributed by atoms with Gasteiger partial charge in [0.15, 0.2) is 0 Å². The Kier molecular flexibility index (Phi) is 14.0. The molecule has 2 aromatic heterocycles. The first-order valence-electron chi connectivity index (χ1n) is 19.3. The van der Waals surface area contributed by atoms with Gasteiger partial charge in [-0.05, 0) is 113 Å². The van der Waals surface area contributed by atoms with Gasteiger partial charge >= 0.3 is 18.3 Å². The van der Waals surface area contributed by atoms with Gasteiger partial charge in [0.2, 0.25) is 11.8 Å². The lowest BCUT2D eigenvalue weighted by Gasteiger charge is -2.28. The van der Waals surface area contributed by atoms with Gasteiger partial charge in [-0.3, -0.25) is 4.79 Å². The first-order valence-corrected chi connectivity index (χ1v) is 20.0. The van der Waals surface area contributed by atoms with Crippen molar-refractivity contribution in [1.82, 2.24) is 15.3 Å². The van der Waals surface area contributed by atoms with E-state index in [4.69, 9.17) is 32.7 Å². The number of hydrogen-bond donors (Lipinski definition) is 3. The fourth-order valence-electron chi connectivity index (χ4n) is 7.39. The average molecular weight is 869 g/mol. The normalized spacial score (nSPS) is 18.9. The van der Waals surface area contributed by atoms with E-state index in [-0.39, 0.29) is 73.4 Å². The van der Waals surface area contributed by atoms with E-state index >= 15 is 0 Å². The Labute approximate surface area is 346 Å². The number of ether oxygens (including phenoxy) is 2. The molecule has 0 radical (unpaired) electrons. The van der Waals surface area contributed by atoms with Crippen molar-refractivity contribution >= 4 is 35.1 Å². The second-order valence-electron chi connectivity index (χ2n) is 14.8. The van der Waals surface area contributed by atoms with Crippen LogP contribution in [0, 0.1) is 0 Å². The molecule has 3 N–H and O–H groups in total. The largest absolute Gasteiger partial charge is 0.478 e. The Morgan fingerprint density at radius 1 is 0.627 bits per heavy atom. The first kappa shape index (κ1) is 44.0. The molecule has 59 heavy (non-hydrogen) atoms. The molecule has 7 rings (SSSR count). The van der Waals surface area contributed by atoms with Crippen molar-refractivity contribution in [3.05, 3.63) is 93.2 Å². The monoisotopic (exact) mass is 867 g/mol. The lowest BCUT2D eigenvalue weighted by Crippen LogP contribution is -2.45. The highest BCUT2D eigenvalue weighted by atomic mass is 35.5. The Hall–Kier alpha value is -4.60. The molecule has 2 aromatic carbocycles. The van der Waals surface area contributed by atoms with Crippen LogP contribution in [0.5, 0.6) is 11.8 Å². The summed E-state index contributed by atoms with van der Waals surface area (Å²) in [4.78, 5) is 32.5. The number of pyridine rings is 2. The minimum absolute atomic E-state index is 0.0325. The molecule has 3 aliphatic rings. The summed E-state index contributed by atoms with van der Waals surface area (Å²) in [5.41, 5.74) is -1.24. The highest BCUT2D eigenvalue weighted by Gasteiger charge is 2.34. The van der Waals surface area contributed by atoms with Crippen LogP contribution in [-0.2, 0) is 12.4 Å². The number of amides is 1. The molecule has 1 amide bonds. The Balaban J connectivity index is 0.000000204. The topological polar surface area (TPSA) is 131 Å². The van der Waals surface area contributed by atoms with Crippen molar-refractivity contribution < 1.29 is 55.6 Å². The molecule has 3 saturated carbocycles. The first-order chi connectivity index (χ1) is 28.0. The van der Waals surface area contributed by atoms with Gasteiger partial charge in [-0.25, -0.2) is 14.8 Å². The van der Waals surface area contributed by atoms with Crippen molar-refractivity contribution in [3.63, 3.8) is 0 Å². The molecule has 0 bridgehead atoms. The fourth-order valence-corrected chi connectivity index (χ4v) is 7.83. The number of alkyl halides is 6. The molecule has 0 aliphatic heterocycles. The molecule has 0 spiro atoms. The third kappa shape index (κ3) is 11.2. The molecule has 0 saturated heterocycles. The smallest absolute Gasteiger partial charge is 0.416 e. The minimum atomic E-state index is -4.55. The number of hydrogen-bond acceptors (Lipinski definition) is 7. The number of aliphatic hydroxyl groups is 1. The van der Waals surface area contributed by atoms with Crippen molar-refractivity contribution in [2.45, 2.75) is 114 Å². The van der Waals surface area contributed by atoms with Gasteiger partial charge in [-0.15, -0.1) is 0 Å². The minimum Gasteiger partial charge on any atom is -0.478 e. The van der Waals surface area contributed by atoms with E-state index in [1.807, 2.05) is 0 Å². The maximum absolute atomic E-state index is 13.4. The summed E-state index contributed by atoms with van der Waals surface area (Å²) in [6, 6.07) is 8.26. The Morgan fingerprint density at radius 2 is 1.05 bits per heavy atom. The van der Waals surface area contributed by atoms with Crippen molar-refractivity contribution in [3.8, 4) is 34.0 Å². The SMILES string of the molecule is O=C(N[C@@H]1CCCC[C@H]1O)c1cnc(OC2CCCC2)c(-c2cc(C(F)(F)F)ccc2Cl)c1.O=C(O)c1cnc(OC2CCCC2)c(-c2cc(C(F)(F)F)ccc2Cl)c1. The van der Waals surface area contributed by atoms with Crippen molar-refractivity contribution in [1.29, 1.82) is 0 Å². The van der Waals surface area contributed by atoms with Gasteiger partial charge < -0.3 is 25.0 Å². The molecule has 3 fully saturated rings. The number of carboxylic acid groups (broad SMARTS) is 1. The molecule has 2 atom stereocenters. The predicted molar refractivity (Wildman–Crippen MR) is 208 cm³/mol. The summed E-state index contributed by atoms with van der Waals surface area (Å²) in [6.45, 7) is 0. The molecule has 316 valence electrons. The fraction of sp³-hybridized carbons (Fsp3) is 0.429. The van der Waals surface area contributed by atoms with Crippen LogP contribution in [0.3, 0.4) is 0 Å². The van der Waals surface area contributed by atoms with E-state index in [9.17, 15) is 46.1 Å². The van der Waals surface area contributed by atoms with Crippen LogP contribution in [0.15, 0.2) is 60.9 Å². The number of rotatable bonds is 9. The molecular weight excluding hydrogens is 827 g/mol. The quantitative estimate of drug-likeness (QED) is 0.142. The Morgan fingerprint density at radius 3 is 1.49 bits per heavy atom. The van der Waals surface area contributed by atoms with E-state index in [1.54, 1.807) is 0 Å². The third-order valence-corrected chi connectivity index (χ3v) is 11.2. The molecule has 17 heteroatoms. The van der Waals surface area contributed by atoms with Crippen LogP contribution in [0.2, 0.25) is 10.0 Å². The second-order valence-corrected chi connectivity index (χ2v) is 15.6. The number of aromatic carboxylic acids is 1.